The molecule has 0 saturated heterocycles. The summed E-state index contributed by atoms with van der Waals surface area (Å²) in [6, 6.07) is 31.4. The average molecular weight is 525 g/mol. The molecule has 1 atom stereocenters. The van der Waals surface area contributed by atoms with Gasteiger partial charge in [-0.2, -0.15) is 0 Å². The number of hydrogen-bond donors (Lipinski definition) is 3. The number of amides is 1. The van der Waals surface area contributed by atoms with Gasteiger partial charge in [0.05, 0.1) is 6.61 Å². The summed E-state index contributed by atoms with van der Waals surface area (Å²) in [4.78, 5) is 14.9. The Morgan fingerprint density at radius 2 is 1.49 bits per heavy atom. The summed E-state index contributed by atoms with van der Waals surface area (Å²) in [5, 5.41) is 12.1. The van der Waals surface area contributed by atoms with E-state index in [1.54, 1.807) is 18.2 Å². The van der Waals surface area contributed by atoms with Crippen molar-refractivity contribution < 1.29 is 19.5 Å². The molecule has 0 aliphatic rings. The third-order valence-electron chi connectivity index (χ3n) is 6.20. The Balaban J connectivity index is 1.71. The van der Waals surface area contributed by atoms with Crippen LogP contribution >= 0.6 is 0 Å². The molecule has 0 aliphatic heterocycles. The number of primary amides is 1. The Morgan fingerprint density at radius 1 is 0.846 bits per heavy atom. The van der Waals surface area contributed by atoms with Crippen molar-refractivity contribution in [3.8, 4) is 11.5 Å². The zero-order valence-corrected chi connectivity index (χ0v) is 21.7. The molecule has 5 N–H and O–H groups in total. The van der Waals surface area contributed by atoms with E-state index in [-0.39, 0.29) is 5.84 Å². The van der Waals surface area contributed by atoms with Gasteiger partial charge in [0, 0.05) is 17.8 Å². The number of anilines is 1. The van der Waals surface area contributed by atoms with Crippen molar-refractivity contribution in [3.63, 3.8) is 0 Å². The van der Waals surface area contributed by atoms with E-state index in [4.69, 9.17) is 26.1 Å². The van der Waals surface area contributed by atoms with E-state index < -0.39 is 11.9 Å². The summed E-state index contributed by atoms with van der Waals surface area (Å²) >= 11 is 0. The van der Waals surface area contributed by atoms with Gasteiger partial charge in [0.15, 0.2) is 17.3 Å². The molecule has 4 rings (SSSR count). The first-order valence-corrected chi connectivity index (χ1v) is 12.6. The van der Waals surface area contributed by atoms with E-state index in [0.29, 0.717) is 42.4 Å². The summed E-state index contributed by atoms with van der Waals surface area (Å²) in [6.45, 7) is 3.11. The first-order chi connectivity index (χ1) is 19.0. The summed E-state index contributed by atoms with van der Waals surface area (Å²) < 4.78 is 12.0. The second-order valence-corrected chi connectivity index (χ2v) is 8.86. The number of carbonyl (C=O) groups is 1. The van der Waals surface area contributed by atoms with Crippen molar-refractivity contribution >= 4 is 17.4 Å². The van der Waals surface area contributed by atoms with E-state index >= 15 is 0 Å². The van der Waals surface area contributed by atoms with Gasteiger partial charge in [0.1, 0.15) is 12.6 Å². The van der Waals surface area contributed by atoms with Gasteiger partial charge in [-0.1, -0.05) is 71.9 Å². The molecule has 8 heteroatoms. The fourth-order valence-electron chi connectivity index (χ4n) is 4.31. The van der Waals surface area contributed by atoms with Gasteiger partial charge in [-0.3, -0.25) is 4.79 Å². The average Bonchev–Trinajstić information content (AvgIpc) is 2.97. The molecule has 200 valence electrons. The quantitative estimate of drug-likeness (QED) is 0.104. The predicted octanol–water partition coefficient (Wildman–Crippen LogP) is 4.99. The number of nitrogens with two attached hydrogens (primary N) is 2. The lowest BCUT2D eigenvalue weighted by Gasteiger charge is -2.32. The molecule has 0 bridgehead atoms. The van der Waals surface area contributed by atoms with E-state index in [1.165, 1.54) is 0 Å². The Bertz CT molecular complexity index is 1390. The molecule has 4 aromatic carbocycles. The second kappa shape index (κ2) is 13.0. The molecule has 0 aliphatic carbocycles. The number of hydrogen-bond acceptors (Lipinski definition) is 6. The van der Waals surface area contributed by atoms with Crippen LogP contribution < -0.4 is 25.8 Å². The maximum Gasteiger partial charge on any atom is 0.244 e. The Morgan fingerprint density at radius 3 is 2.08 bits per heavy atom. The fraction of sp³-hybridized carbons (Fsp3) is 0.161. The Labute approximate surface area is 228 Å². The molecule has 0 saturated carbocycles. The molecule has 8 nitrogen and oxygen atoms in total. The summed E-state index contributed by atoms with van der Waals surface area (Å²) in [5.41, 5.74) is 15.8. The summed E-state index contributed by atoms with van der Waals surface area (Å²) in [6.07, 6.45) is 0. The van der Waals surface area contributed by atoms with Crippen LogP contribution in [0, 0.1) is 0 Å². The first kappa shape index (κ1) is 27.1. The lowest BCUT2D eigenvalue weighted by Crippen LogP contribution is -2.37. The van der Waals surface area contributed by atoms with E-state index in [0.717, 1.165) is 16.8 Å². The minimum atomic E-state index is -0.817. The molecule has 1 amide bonds. The SMILES string of the molecule is CCOc1cc(C(C(N)=O)N(Cc2ccccc2)c2ccc(/C(N)=N/O)cc2)ccc1OCc1ccccc1. The molecule has 39 heavy (non-hydrogen) atoms. The highest BCUT2D eigenvalue weighted by Crippen LogP contribution is 2.35. The van der Waals surface area contributed by atoms with Gasteiger partial charge in [0.2, 0.25) is 5.91 Å². The molecule has 0 heterocycles. The number of rotatable bonds is 12. The zero-order chi connectivity index (χ0) is 27.6. The lowest BCUT2D eigenvalue weighted by atomic mass is 10.0. The van der Waals surface area contributed by atoms with Crippen LogP contribution in [0.1, 0.15) is 35.2 Å². The number of carbonyl (C=O) groups excluding carboxylic acids is 1. The molecule has 0 fully saturated rings. The van der Waals surface area contributed by atoms with Gasteiger partial charge >= 0.3 is 0 Å². The number of nitrogens with zero attached hydrogens (tertiary/aromatic N) is 2. The van der Waals surface area contributed by atoms with Crippen LogP contribution in [0.2, 0.25) is 0 Å². The summed E-state index contributed by atoms with van der Waals surface area (Å²) in [5.74, 6) is 0.575. The molecular weight excluding hydrogens is 492 g/mol. The maximum absolute atomic E-state index is 13.0. The third-order valence-corrected chi connectivity index (χ3v) is 6.20. The molecule has 1 unspecified atom stereocenters. The Hall–Kier alpha value is -4.98. The standard InChI is InChI=1S/C31H32N4O4/c1-2-38-28-19-25(15-18-27(28)39-21-23-11-7-4-8-12-23)29(31(33)36)35(20-22-9-5-3-6-10-22)26-16-13-24(14-17-26)30(32)34-37/h3-19,29,37H,2,20-21H2,1H3,(H2,32,34)(H2,33,36). The highest BCUT2D eigenvalue weighted by molar-refractivity contribution is 5.97. The van der Waals surface area contributed by atoms with Crippen LogP contribution in [-0.4, -0.2) is 23.6 Å². The van der Waals surface area contributed by atoms with Crippen molar-refractivity contribution in [2.24, 2.45) is 16.6 Å². The molecular formula is C31H32N4O4. The minimum absolute atomic E-state index is 0.00458. The van der Waals surface area contributed by atoms with Crippen LogP contribution in [0.3, 0.4) is 0 Å². The van der Waals surface area contributed by atoms with Gasteiger partial charge in [0.25, 0.3) is 0 Å². The molecule has 0 spiro atoms. The van der Waals surface area contributed by atoms with Gasteiger partial charge in [-0.15, -0.1) is 0 Å². The zero-order valence-electron chi connectivity index (χ0n) is 21.7. The normalized spacial score (nSPS) is 12.0. The van der Waals surface area contributed by atoms with Gasteiger partial charge in [-0.05, 0) is 60.0 Å². The van der Waals surface area contributed by atoms with Gasteiger partial charge in [-0.25, -0.2) is 0 Å². The van der Waals surface area contributed by atoms with Crippen molar-refractivity contribution in [2.45, 2.75) is 26.1 Å². The van der Waals surface area contributed by atoms with Crippen molar-refractivity contribution in [3.05, 3.63) is 125 Å². The fourth-order valence-corrected chi connectivity index (χ4v) is 4.31. The lowest BCUT2D eigenvalue weighted by molar-refractivity contribution is -0.119. The number of ether oxygens (including phenoxy) is 2. The second-order valence-electron chi connectivity index (χ2n) is 8.86. The minimum Gasteiger partial charge on any atom is -0.490 e. The highest BCUT2D eigenvalue weighted by atomic mass is 16.5. The van der Waals surface area contributed by atoms with Gasteiger partial charge < -0.3 is 31.0 Å². The predicted molar refractivity (Wildman–Crippen MR) is 152 cm³/mol. The van der Waals surface area contributed by atoms with Crippen LogP contribution in [-0.2, 0) is 17.9 Å². The smallest absolute Gasteiger partial charge is 0.244 e. The maximum atomic E-state index is 13.0. The molecule has 4 aromatic rings. The van der Waals surface area contributed by atoms with Crippen molar-refractivity contribution in [2.75, 3.05) is 11.5 Å². The van der Waals surface area contributed by atoms with E-state index in [2.05, 4.69) is 5.16 Å². The van der Waals surface area contributed by atoms with E-state index in [9.17, 15) is 4.79 Å². The van der Waals surface area contributed by atoms with E-state index in [1.807, 2.05) is 96.8 Å². The molecule has 0 aromatic heterocycles. The van der Waals surface area contributed by atoms with Crippen LogP contribution in [0.4, 0.5) is 5.69 Å². The highest BCUT2D eigenvalue weighted by Gasteiger charge is 2.28. The number of amidine groups is 1. The number of oxime groups is 1. The van der Waals surface area contributed by atoms with Crippen LogP contribution in [0.5, 0.6) is 11.5 Å². The third kappa shape index (κ3) is 6.87. The van der Waals surface area contributed by atoms with Crippen molar-refractivity contribution in [1.29, 1.82) is 0 Å². The largest absolute Gasteiger partial charge is 0.490 e. The topological polar surface area (TPSA) is 123 Å². The Kier molecular flexibility index (Phi) is 9.03. The summed E-state index contributed by atoms with van der Waals surface area (Å²) in [7, 11) is 0. The monoisotopic (exact) mass is 524 g/mol. The first-order valence-electron chi connectivity index (χ1n) is 12.6. The number of benzene rings is 4. The molecule has 0 radical (unpaired) electrons. The van der Waals surface area contributed by atoms with Crippen LogP contribution in [0.15, 0.2) is 108 Å². The van der Waals surface area contributed by atoms with Crippen LogP contribution in [0.25, 0.3) is 0 Å². The van der Waals surface area contributed by atoms with Crippen molar-refractivity contribution in [1.82, 2.24) is 0 Å².